The van der Waals surface area contributed by atoms with Crippen molar-refractivity contribution in [2.24, 2.45) is 4.99 Å². The highest BCUT2D eigenvalue weighted by atomic mass is 32.2. The van der Waals surface area contributed by atoms with Crippen LogP contribution in [0.15, 0.2) is 71.7 Å². The lowest BCUT2D eigenvalue weighted by atomic mass is 10.1. The van der Waals surface area contributed by atoms with Crippen molar-refractivity contribution in [3.63, 3.8) is 0 Å². The van der Waals surface area contributed by atoms with Crippen LogP contribution in [0.2, 0.25) is 0 Å². The predicted molar refractivity (Wildman–Crippen MR) is 141 cm³/mol. The van der Waals surface area contributed by atoms with Crippen molar-refractivity contribution in [3.8, 4) is 17.2 Å². The van der Waals surface area contributed by atoms with Crippen LogP contribution < -0.4 is 19.5 Å². The quantitative estimate of drug-likeness (QED) is 0.424. The van der Waals surface area contributed by atoms with E-state index in [0.29, 0.717) is 33.8 Å². The number of hydrogen-bond acceptors (Lipinski definition) is 7. The minimum Gasteiger partial charge on any atom is -0.497 e. The van der Waals surface area contributed by atoms with Gasteiger partial charge in [0, 0.05) is 12.1 Å². The molecule has 37 heavy (non-hydrogen) atoms. The van der Waals surface area contributed by atoms with Gasteiger partial charge >= 0.3 is 0 Å². The number of aliphatic imine (C=N–C) groups is 1. The average Bonchev–Trinajstić information content (AvgIpc) is 3.18. The number of amidine groups is 1. The fraction of sp³-hybridized carbons (Fsp3) is 0.222. The van der Waals surface area contributed by atoms with Gasteiger partial charge in [-0.3, -0.25) is 14.5 Å². The van der Waals surface area contributed by atoms with Gasteiger partial charge in [0.25, 0.3) is 0 Å². The topological polar surface area (TPSA) is 89.5 Å². The molecule has 4 rings (SSSR count). The molecule has 1 aliphatic rings. The van der Waals surface area contributed by atoms with Gasteiger partial charge in [-0.25, -0.2) is 9.38 Å². The van der Waals surface area contributed by atoms with E-state index in [-0.39, 0.29) is 24.8 Å². The molecule has 10 heteroatoms. The highest BCUT2D eigenvalue weighted by Gasteiger charge is 2.39. The zero-order chi connectivity index (χ0) is 26.4. The number of ether oxygens (including phenoxy) is 3. The maximum atomic E-state index is 13.4. The smallest absolute Gasteiger partial charge is 0.242 e. The number of thioether (sulfide) groups is 1. The minimum absolute atomic E-state index is 0.0645. The Labute approximate surface area is 218 Å². The first-order valence-electron chi connectivity index (χ1n) is 11.4. The van der Waals surface area contributed by atoms with E-state index in [9.17, 15) is 14.0 Å². The highest BCUT2D eigenvalue weighted by Crippen LogP contribution is 2.35. The van der Waals surface area contributed by atoms with E-state index in [0.717, 1.165) is 5.56 Å². The molecule has 0 radical (unpaired) electrons. The van der Waals surface area contributed by atoms with Crippen LogP contribution in [-0.4, -0.2) is 48.5 Å². The lowest BCUT2D eigenvalue weighted by molar-refractivity contribution is -0.128. The van der Waals surface area contributed by atoms with Gasteiger partial charge in [0.05, 0.1) is 33.6 Å². The normalized spacial score (nSPS) is 16.1. The Balaban J connectivity index is 1.57. The Kier molecular flexibility index (Phi) is 8.29. The van der Waals surface area contributed by atoms with Crippen LogP contribution in [-0.2, 0) is 16.1 Å². The number of carbonyl (C=O) groups excluding carboxylic acids is 2. The van der Waals surface area contributed by atoms with Gasteiger partial charge in [0.1, 0.15) is 16.8 Å². The van der Waals surface area contributed by atoms with E-state index in [1.807, 2.05) is 6.07 Å². The van der Waals surface area contributed by atoms with Gasteiger partial charge < -0.3 is 19.5 Å². The van der Waals surface area contributed by atoms with E-state index in [2.05, 4.69) is 10.3 Å². The summed E-state index contributed by atoms with van der Waals surface area (Å²) in [5.41, 5.74) is 1.91. The first-order chi connectivity index (χ1) is 17.9. The number of methoxy groups -OCH3 is 3. The molecule has 1 fully saturated rings. The molecule has 192 valence electrons. The van der Waals surface area contributed by atoms with Crippen LogP contribution in [0.1, 0.15) is 12.0 Å². The fourth-order valence-electron chi connectivity index (χ4n) is 3.71. The maximum Gasteiger partial charge on any atom is 0.242 e. The summed E-state index contributed by atoms with van der Waals surface area (Å²) in [7, 11) is 4.68. The molecule has 8 nitrogen and oxygen atoms in total. The monoisotopic (exact) mass is 523 g/mol. The van der Waals surface area contributed by atoms with E-state index in [1.165, 1.54) is 36.0 Å². The molecule has 1 atom stereocenters. The number of amides is 2. The number of anilines is 1. The van der Waals surface area contributed by atoms with Crippen LogP contribution in [0.25, 0.3) is 0 Å². The molecule has 0 saturated carbocycles. The SMILES string of the molecule is COc1ccc(N=C2SC(CC(=O)Nc3ccc(F)cc3)C(=O)N2Cc2ccc(OC)c(OC)c2)cc1. The van der Waals surface area contributed by atoms with Crippen LogP contribution in [0.3, 0.4) is 0 Å². The van der Waals surface area contributed by atoms with Crippen LogP contribution >= 0.6 is 11.8 Å². The van der Waals surface area contributed by atoms with Crippen molar-refractivity contribution in [1.29, 1.82) is 0 Å². The van der Waals surface area contributed by atoms with Gasteiger partial charge in [-0.2, -0.15) is 0 Å². The molecular formula is C27H26FN3O5S. The van der Waals surface area contributed by atoms with Crippen molar-refractivity contribution in [2.75, 3.05) is 26.6 Å². The Morgan fingerprint density at radius 1 is 0.973 bits per heavy atom. The Bertz CT molecular complexity index is 1300. The predicted octanol–water partition coefficient (Wildman–Crippen LogP) is 5.01. The second-order valence-corrected chi connectivity index (χ2v) is 9.24. The minimum atomic E-state index is -0.669. The van der Waals surface area contributed by atoms with Crippen molar-refractivity contribution >= 4 is 40.1 Å². The highest BCUT2D eigenvalue weighted by molar-refractivity contribution is 8.15. The van der Waals surface area contributed by atoms with Gasteiger partial charge in [0.15, 0.2) is 16.7 Å². The van der Waals surface area contributed by atoms with E-state index in [1.54, 1.807) is 62.6 Å². The summed E-state index contributed by atoms with van der Waals surface area (Å²) in [4.78, 5) is 32.4. The number of hydrogen-bond donors (Lipinski definition) is 1. The maximum absolute atomic E-state index is 13.4. The molecule has 3 aromatic rings. The second-order valence-electron chi connectivity index (χ2n) is 8.07. The van der Waals surface area contributed by atoms with Crippen molar-refractivity contribution < 1.29 is 28.2 Å². The molecule has 0 bridgehead atoms. The first-order valence-corrected chi connectivity index (χ1v) is 12.2. The van der Waals surface area contributed by atoms with Crippen LogP contribution in [0.4, 0.5) is 15.8 Å². The number of nitrogens with zero attached hydrogens (tertiary/aromatic N) is 2. The van der Waals surface area contributed by atoms with E-state index >= 15 is 0 Å². The molecule has 1 unspecified atom stereocenters. The zero-order valence-corrected chi connectivity index (χ0v) is 21.4. The summed E-state index contributed by atoms with van der Waals surface area (Å²) in [6, 6.07) is 18.0. The van der Waals surface area contributed by atoms with E-state index in [4.69, 9.17) is 14.2 Å². The van der Waals surface area contributed by atoms with Gasteiger partial charge in [0.2, 0.25) is 11.8 Å². The molecule has 3 aromatic carbocycles. The molecular weight excluding hydrogens is 497 g/mol. The molecule has 1 heterocycles. The molecule has 1 N–H and O–H groups in total. The molecule has 0 aromatic heterocycles. The largest absolute Gasteiger partial charge is 0.497 e. The first kappa shape index (κ1) is 26.0. The van der Waals surface area contributed by atoms with Crippen LogP contribution in [0.5, 0.6) is 17.2 Å². The molecule has 1 saturated heterocycles. The third-order valence-corrected chi connectivity index (χ3v) is 6.78. The van der Waals surface area contributed by atoms with Crippen molar-refractivity contribution in [3.05, 3.63) is 78.1 Å². The average molecular weight is 524 g/mol. The summed E-state index contributed by atoms with van der Waals surface area (Å²) in [6.07, 6.45) is -0.0645. The standard InChI is InChI=1S/C27H26FN3O5S/c1-34-21-11-9-20(10-12-21)30-27-31(16-17-4-13-22(35-2)23(14-17)36-3)26(33)24(37-27)15-25(32)29-19-7-5-18(28)6-8-19/h4-14,24H,15-16H2,1-3H3,(H,29,32). The van der Waals surface area contributed by atoms with Gasteiger partial charge in [-0.1, -0.05) is 17.8 Å². The summed E-state index contributed by atoms with van der Waals surface area (Å²) in [6.45, 7) is 0.233. The number of nitrogens with one attached hydrogen (secondary N) is 1. The number of rotatable bonds is 9. The summed E-state index contributed by atoms with van der Waals surface area (Å²) >= 11 is 1.23. The molecule has 0 aliphatic carbocycles. The van der Waals surface area contributed by atoms with Gasteiger partial charge in [-0.05, 0) is 66.2 Å². The molecule has 0 spiro atoms. The second kappa shape index (κ2) is 11.8. The summed E-state index contributed by atoms with van der Waals surface area (Å²) < 4.78 is 29.1. The number of carbonyl (C=O) groups is 2. The third kappa shape index (κ3) is 6.39. The number of halogens is 1. The lowest BCUT2D eigenvalue weighted by Gasteiger charge is -2.18. The third-order valence-electron chi connectivity index (χ3n) is 5.60. The summed E-state index contributed by atoms with van der Waals surface area (Å²) in [5, 5.41) is 2.52. The zero-order valence-electron chi connectivity index (χ0n) is 20.6. The molecule has 2 amide bonds. The van der Waals surface area contributed by atoms with Crippen LogP contribution in [0, 0.1) is 5.82 Å². The van der Waals surface area contributed by atoms with Crippen molar-refractivity contribution in [2.45, 2.75) is 18.2 Å². The fourth-order valence-corrected chi connectivity index (χ4v) is 4.87. The molecule has 1 aliphatic heterocycles. The van der Waals surface area contributed by atoms with E-state index < -0.39 is 11.1 Å². The Morgan fingerprint density at radius 3 is 2.32 bits per heavy atom. The summed E-state index contributed by atoms with van der Waals surface area (Å²) in [5.74, 6) is 0.830. The Hall–Kier alpha value is -4.05. The van der Waals surface area contributed by atoms with Gasteiger partial charge in [-0.15, -0.1) is 0 Å². The number of benzene rings is 3. The Morgan fingerprint density at radius 2 is 1.68 bits per heavy atom. The van der Waals surface area contributed by atoms with Crippen molar-refractivity contribution in [1.82, 2.24) is 4.90 Å². The lowest BCUT2D eigenvalue weighted by Crippen LogP contribution is -2.33.